The summed E-state index contributed by atoms with van der Waals surface area (Å²) in [4.78, 5) is 15.8. The van der Waals surface area contributed by atoms with E-state index in [0.29, 0.717) is 18.2 Å². The van der Waals surface area contributed by atoms with E-state index < -0.39 is 0 Å². The highest BCUT2D eigenvalue weighted by molar-refractivity contribution is 5.81. The van der Waals surface area contributed by atoms with Gasteiger partial charge in [0.1, 0.15) is 11.6 Å². The number of carbonyl (C=O) groups is 1. The Labute approximate surface area is 123 Å². The van der Waals surface area contributed by atoms with E-state index in [4.69, 9.17) is 0 Å². The number of aromatic nitrogens is 2. The third kappa shape index (κ3) is 2.82. The summed E-state index contributed by atoms with van der Waals surface area (Å²) >= 11 is 0. The standard InChI is InChI=1S/C16H18FN3O/c1-10-7-13(10)16(21)19-9-12-3-4-15(14(17)8-12)20-6-5-18-11(20)2/h3-6,8,10,13H,7,9H2,1-2H3,(H,19,21)/t10-,13+/m0/s1. The largest absolute Gasteiger partial charge is 0.352 e. The first-order valence-electron chi connectivity index (χ1n) is 7.12. The molecule has 0 aliphatic heterocycles. The van der Waals surface area contributed by atoms with Gasteiger partial charge >= 0.3 is 0 Å². The van der Waals surface area contributed by atoms with Crippen molar-refractivity contribution in [2.24, 2.45) is 11.8 Å². The van der Waals surface area contributed by atoms with Crippen molar-refractivity contribution in [1.82, 2.24) is 14.9 Å². The third-order valence-corrected chi connectivity index (χ3v) is 4.01. The zero-order valence-electron chi connectivity index (χ0n) is 12.1. The first-order valence-corrected chi connectivity index (χ1v) is 7.12. The molecule has 1 amide bonds. The maximum absolute atomic E-state index is 14.2. The number of benzene rings is 1. The van der Waals surface area contributed by atoms with Crippen LogP contribution in [0.4, 0.5) is 4.39 Å². The van der Waals surface area contributed by atoms with Crippen LogP contribution in [-0.4, -0.2) is 15.5 Å². The summed E-state index contributed by atoms with van der Waals surface area (Å²) in [6, 6.07) is 5.01. The van der Waals surface area contributed by atoms with Crippen molar-refractivity contribution in [3.63, 3.8) is 0 Å². The number of carbonyl (C=O) groups excluding carboxylic acids is 1. The number of rotatable bonds is 4. The molecule has 1 aromatic carbocycles. The summed E-state index contributed by atoms with van der Waals surface area (Å²) < 4.78 is 15.9. The van der Waals surface area contributed by atoms with E-state index in [-0.39, 0.29) is 17.6 Å². The Hall–Kier alpha value is -2.17. The minimum atomic E-state index is -0.317. The lowest BCUT2D eigenvalue weighted by molar-refractivity contribution is -0.122. The van der Waals surface area contributed by atoms with Gasteiger partial charge in [-0.15, -0.1) is 0 Å². The lowest BCUT2D eigenvalue weighted by Gasteiger charge is -2.09. The average molecular weight is 287 g/mol. The Balaban J connectivity index is 1.70. The van der Waals surface area contributed by atoms with Gasteiger partial charge in [-0.2, -0.15) is 0 Å². The van der Waals surface area contributed by atoms with Crippen LogP contribution in [0.15, 0.2) is 30.6 Å². The van der Waals surface area contributed by atoms with Crippen LogP contribution in [0.2, 0.25) is 0 Å². The number of imidazole rings is 1. The molecule has 0 saturated heterocycles. The maximum atomic E-state index is 14.2. The molecule has 1 saturated carbocycles. The van der Waals surface area contributed by atoms with E-state index in [9.17, 15) is 9.18 Å². The molecule has 1 aliphatic carbocycles. The van der Waals surface area contributed by atoms with Gasteiger partial charge in [-0.25, -0.2) is 9.37 Å². The SMILES string of the molecule is Cc1nccn1-c1ccc(CNC(=O)[C@@H]2C[C@@H]2C)cc1F. The summed E-state index contributed by atoms with van der Waals surface area (Å²) in [5.41, 5.74) is 1.23. The van der Waals surface area contributed by atoms with Gasteiger partial charge in [-0.05, 0) is 37.0 Å². The minimum absolute atomic E-state index is 0.0671. The maximum Gasteiger partial charge on any atom is 0.223 e. The molecule has 3 rings (SSSR count). The van der Waals surface area contributed by atoms with E-state index in [1.165, 1.54) is 6.07 Å². The Morgan fingerprint density at radius 1 is 1.52 bits per heavy atom. The molecule has 5 heteroatoms. The lowest BCUT2D eigenvalue weighted by atomic mass is 10.2. The highest BCUT2D eigenvalue weighted by Gasteiger charge is 2.38. The van der Waals surface area contributed by atoms with Crippen molar-refractivity contribution in [3.8, 4) is 5.69 Å². The van der Waals surface area contributed by atoms with Gasteiger partial charge in [0.2, 0.25) is 5.91 Å². The van der Waals surface area contributed by atoms with Crippen LogP contribution in [0.3, 0.4) is 0 Å². The summed E-state index contributed by atoms with van der Waals surface area (Å²) in [6.07, 6.45) is 4.32. The van der Waals surface area contributed by atoms with Crippen molar-refractivity contribution in [1.29, 1.82) is 0 Å². The van der Waals surface area contributed by atoms with E-state index in [1.54, 1.807) is 23.0 Å². The van der Waals surface area contributed by atoms with E-state index in [1.807, 2.05) is 13.0 Å². The molecule has 1 N–H and O–H groups in total. The molecule has 4 nitrogen and oxygen atoms in total. The molecule has 0 radical (unpaired) electrons. The van der Waals surface area contributed by atoms with Crippen molar-refractivity contribution in [2.45, 2.75) is 26.8 Å². The van der Waals surface area contributed by atoms with Crippen LogP contribution in [0.25, 0.3) is 5.69 Å². The van der Waals surface area contributed by atoms with Gasteiger partial charge in [0.05, 0.1) is 5.69 Å². The predicted molar refractivity (Wildman–Crippen MR) is 77.4 cm³/mol. The number of aryl methyl sites for hydroxylation is 1. The molecule has 1 heterocycles. The third-order valence-electron chi connectivity index (χ3n) is 4.01. The van der Waals surface area contributed by atoms with Crippen LogP contribution in [0.1, 0.15) is 24.7 Å². The zero-order valence-corrected chi connectivity index (χ0v) is 12.1. The molecule has 2 aromatic rings. The van der Waals surface area contributed by atoms with E-state index in [2.05, 4.69) is 17.2 Å². The topological polar surface area (TPSA) is 46.9 Å². The Kier molecular flexibility index (Phi) is 3.49. The molecule has 1 aromatic heterocycles. The van der Waals surface area contributed by atoms with Crippen molar-refractivity contribution in [2.75, 3.05) is 0 Å². The van der Waals surface area contributed by atoms with Crippen LogP contribution in [-0.2, 0) is 11.3 Å². The molecule has 110 valence electrons. The van der Waals surface area contributed by atoms with Crippen molar-refractivity contribution < 1.29 is 9.18 Å². The molecule has 21 heavy (non-hydrogen) atoms. The Morgan fingerprint density at radius 2 is 2.29 bits per heavy atom. The quantitative estimate of drug-likeness (QED) is 0.939. The normalized spacial score (nSPS) is 20.3. The predicted octanol–water partition coefficient (Wildman–Crippen LogP) is 2.59. The van der Waals surface area contributed by atoms with Gasteiger partial charge in [-0.1, -0.05) is 13.0 Å². The number of hydrogen-bond donors (Lipinski definition) is 1. The molecule has 0 spiro atoms. The summed E-state index contributed by atoms with van der Waals surface area (Å²) in [5.74, 6) is 1.11. The Morgan fingerprint density at radius 3 is 2.86 bits per heavy atom. The number of amides is 1. The molecule has 1 aliphatic rings. The smallest absolute Gasteiger partial charge is 0.223 e. The van der Waals surface area contributed by atoms with Crippen molar-refractivity contribution in [3.05, 3.63) is 47.8 Å². The van der Waals surface area contributed by atoms with Crippen LogP contribution in [0.5, 0.6) is 0 Å². The van der Waals surface area contributed by atoms with Crippen LogP contribution >= 0.6 is 0 Å². The highest BCUT2D eigenvalue weighted by Crippen LogP contribution is 2.37. The minimum Gasteiger partial charge on any atom is -0.352 e. The molecule has 0 unspecified atom stereocenters. The zero-order chi connectivity index (χ0) is 15.0. The lowest BCUT2D eigenvalue weighted by Crippen LogP contribution is -2.24. The monoisotopic (exact) mass is 287 g/mol. The molecule has 0 bridgehead atoms. The van der Waals surface area contributed by atoms with Gasteiger partial charge in [0.15, 0.2) is 0 Å². The summed E-state index contributed by atoms with van der Waals surface area (Å²) in [6.45, 7) is 4.25. The molecular weight excluding hydrogens is 269 g/mol. The van der Waals surface area contributed by atoms with Gasteiger partial charge in [0.25, 0.3) is 0 Å². The summed E-state index contributed by atoms with van der Waals surface area (Å²) in [5, 5.41) is 2.86. The molecule has 1 fully saturated rings. The van der Waals surface area contributed by atoms with Crippen LogP contribution in [0, 0.1) is 24.6 Å². The Bertz CT molecular complexity index is 680. The fourth-order valence-electron chi connectivity index (χ4n) is 2.50. The number of nitrogens with zero attached hydrogens (tertiary/aromatic N) is 2. The van der Waals surface area contributed by atoms with Gasteiger partial charge < -0.3 is 9.88 Å². The number of halogens is 1. The first kappa shape index (κ1) is 13.8. The van der Waals surface area contributed by atoms with Gasteiger partial charge in [-0.3, -0.25) is 4.79 Å². The van der Waals surface area contributed by atoms with E-state index >= 15 is 0 Å². The van der Waals surface area contributed by atoms with Crippen LogP contribution < -0.4 is 5.32 Å². The fraction of sp³-hybridized carbons (Fsp3) is 0.375. The molecule has 2 atom stereocenters. The molecular formula is C16H18FN3O. The number of nitrogens with one attached hydrogen (secondary N) is 1. The van der Waals surface area contributed by atoms with Gasteiger partial charge in [0, 0.05) is 24.9 Å². The first-order chi connectivity index (χ1) is 10.1. The number of hydrogen-bond acceptors (Lipinski definition) is 2. The average Bonchev–Trinajstić information content (AvgIpc) is 3.04. The highest BCUT2D eigenvalue weighted by atomic mass is 19.1. The second kappa shape index (κ2) is 5.31. The second-order valence-corrected chi connectivity index (χ2v) is 5.67. The van der Waals surface area contributed by atoms with Crippen molar-refractivity contribution >= 4 is 5.91 Å². The van der Waals surface area contributed by atoms with E-state index in [0.717, 1.165) is 17.8 Å². The fourth-order valence-corrected chi connectivity index (χ4v) is 2.50. The summed E-state index contributed by atoms with van der Waals surface area (Å²) in [7, 11) is 0. The second-order valence-electron chi connectivity index (χ2n) is 5.67.